The summed E-state index contributed by atoms with van der Waals surface area (Å²) in [4.78, 5) is 0. The Hall–Kier alpha value is -0.650. The summed E-state index contributed by atoms with van der Waals surface area (Å²) in [6.45, 7) is 3.81. The van der Waals surface area contributed by atoms with Crippen LogP contribution in [-0.2, 0) is 4.74 Å². The highest BCUT2D eigenvalue weighted by Gasteiger charge is 2.29. The van der Waals surface area contributed by atoms with Crippen molar-refractivity contribution in [2.75, 3.05) is 20.3 Å². The van der Waals surface area contributed by atoms with E-state index in [0.717, 1.165) is 38.0 Å². The molecule has 0 amide bonds. The minimum Gasteiger partial charge on any atom is -0.496 e. The third-order valence-electron chi connectivity index (χ3n) is 3.56. The highest BCUT2D eigenvalue weighted by molar-refractivity contribution is 9.10. The molecule has 112 valence electrons. The van der Waals surface area contributed by atoms with Crippen LogP contribution < -0.4 is 10.1 Å². The molecule has 3 nitrogen and oxygen atoms in total. The molecule has 1 fully saturated rings. The largest absolute Gasteiger partial charge is 0.496 e. The van der Waals surface area contributed by atoms with Gasteiger partial charge >= 0.3 is 0 Å². The second-order valence-corrected chi connectivity index (χ2v) is 5.85. The molecule has 1 N–H and O–H groups in total. The van der Waals surface area contributed by atoms with Crippen LogP contribution in [0, 0.1) is 5.82 Å². The molecule has 0 bridgehead atoms. The van der Waals surface area contributed by atoms with Gasteiger partial charge in [-0.3, -0.25) is 0 Å². The van der Waals surface area contributed by atoms with Gasteiger partial charge in [-0.2, -0.15) is 0 Å². The summed E-state index contributed by atoms with van der Waals surface area (Å²) < 4.78 is 25.3. The van der Waals surface area contributed by atoms with Gasteiger partial charge in [0.05, 0.1) is 23.7 Å². The average molecular weight is 346 g/mol. The minimum absolute atomic E-state index is 0.0318. The van der Waals surface area contributed by atoms with Gasteiger partial charge in [0.25, 0.3) is 0 Å². The maximum Gasteiger partial charge on any atom is 0.141 e. The first-order valence-electron chi connectivity index (χ1n) is 7.05. The fourth-order valence-electron chi connectivity index (χ4n) is 2.57. The molecule has 0 radical (unpaired) electrons. The van der Waals surface area contributed by atoms with Gasteiger partial charge in [0.15, 0.2) is 0 Å². The summed E-state index contributed by atoms with van der Waals surface area (Å²) in [7, 11) is 1.57. The zero-order valence-corrected chi connectivity index (χ0v) is 13.5. The molecule has 5 heteroatoms. The van der Waals surface area contributed by atoms with Crippen LogP contribution in [0.15, 0.2) is 16.6 Å². The highest BCUT2D eigenvalue weighted by atomic mass is 79.9. The molecule has 0 saturated carbocycles. The first kappa shape index (κ1) is 15.7. The Morgan fingerprint density at radius 2 is 2.35 bits per heavy atom. The Morgan fingerprint density at radius 1 is 1.55 bits per heavy atom. The third-order valence-corrected chi connectivity index (χ3v) is 4.17. The lowest BCUT2D eigenvalue weighted by molar-refractivity contribution is 0.0774. The van der Waals surface area contributed by atoms with Gasteiger partial charge in [0, 0.05) is 18.2 Å². The Labute approximate surface area is 128 Å². The molecular weight excluding hydrogens is 325 g/mol. The quantitative estimate of drug-likeness (QED) is 0.850. The van der Waals surface area contributed by atoms with E-state index in [-0.39, 0.29) is 18.0 Å². The van der Waals surface area contributed by atoms with E-state index in [2.05, 4.69) is 28.2 Å². The van der Waals surface area contributed by atoms with Crippen molar-refractivity contribution in [3.63, 3.8) is 0 Å². The number of nitrogens with one attached hydrogen (secondary N) is 1. The molecule has 0 spiro atoms. The first-order chi connectivity index (χ1) is 9.67. The Morgan fingerprint density at radius 3 is 2.95 bits per heavy atom. The van der Waals surface area contributed by atoms with Crippen molar-refractivity contribution < 1.29 is 13.9 Å². The summed E-state index contributed by atoms with van der Waals surface area (Å²) in [6.07, 6.45) is 3.24. The van der Waals surface area contributed by atoms with Gasteiger partial charge in [-0.15, -0.1) is 0 Å². The normalized spacial score (nSPS) is 20.1. The molecule has 1 heterocycles. The van der Waals surface area contributed by atoms with Gasteiger partial charge in [-0.1, -0.05) is 6.92 Å². The fourth-order valence-corrected chi connectivity index (χ4v) is 2.93. The molecule has 1 saturated heterocycles. The lowest BCUT2D eigenvalue weighted by Crippen LogP contribution is -2.32. The second-order valence-electron chi connectivity index (χ2n) is 4.99. The van der Waals surface area contributed by atoms with E-state index in [4.69, 9.17) is 9.47 Å². The first-order valence-corrected chi connectivity index (χ1v) is 7.84. The zero-order chi connectivity index (χ0) is 14.5. The molecule has 2 unspecified atom stereocenters. The lowest BCUT2D eigenvalue weighted by atomic mass is 9.98. The summed E-state index contributed by atoms with van der Waals surface area (Å²) in [6, 6.07) is 3.25. The van der Waals surface area contributed by atoms with Crippen molar-refractivity contribution in [1.29, 1.82) is 0 Å². The standard InChI is InChI=1S/C15H21BrFNO2/c1-3-6-18-15(13-5-4-7-20-13)10-8-11(16)12(17)9-14(10)19-2/h8-9,13,15,18H,3-7H2,1-2H3. The molecule has 1 aromatic rings. The van der Waals surface area contributed by atoms with Gasteiger partial charge in [-0.05, 0) is 47.8 Å². The van der Waals surface area contributed by atoms with Crippen molar-refractivity contribution in [2.45, 2.75) is 38.3 Å². The Balaban J connectivity index is 2.33. The third kappa shape index (κ3) is 3.51. The number of rotatable bonds is 6. The van der Waals surface area contributed by atoms with E-state index >= 15 is 0 Å². The molecule has 2 atom stereocenters. The van der Waals surface area contributed by atoms with Crippen molar-refractivity contribution in [1.82, 2.24) is 5.32 Å². The molecule has 1 aliphatic rings. The summed E-state index contributed by atoms with van der Waals surface area (Å²) in [5, 5.41) is 3.50. The number of benzene rings is 1. The average Bonchev–Trinajstić information content (AvgIpc) is 2.96. The number of methoxy groups -OCH3 is 1. The van der Waals surface area contributed by atoms with E-state index in [0.29, 0.717) is 10.2 Å². The zero-order valence-electron chi connectivity index (χ0n) is 11.9. The predicted octanol–water partition coefficient (Wildman–Crippen LogP) is 3.82. The molecule has 0 aromatic heterocycles. The van der Waals surface area contributed by atoms with Gasteiger partial charge in [0.2, 0.25) is 0 Å². The maximum atomic E-state index is 13.7. The van der Waals surface area contributed by atoms with Crippen LogP contribution in [0.1, 0.15) is 37.8 Å². The van der Waals surface area contributed by atoms with Crippen LogP contribution in [0.5, 0.6) is 5.75 Å². The smallest absolute Gasteiger partial charge is 0.141 e. The summed E-state index contributed by atoms with van der Waals surface area (Å²) in [5.41, 5.74) is 0.945. The summed E-state index contributed by atoms with van der Waals surface area (Å²) in [5.74, 6) is 0.252. The minimum atomic E-state index is -0.313. The van der Waals surface area contributed by atoms with Crippen molar-refractivity contribution in [2.24, 2.45) is 0 Å². The SMILES string of the molecule is CCCNC(c1cc(Br)c(F)cc1OC)C1CCCO1. The molecular formula is C15H21BrFNO2. The lowest BCUT2D eigenvalue weighted by Gasteiger charge is -2.26. The number of hydrogen-bond donors (Lipinski definition) is 1. The molecule has 1 aliphatic heterocycles. The van der Waals surface area contributed by atoms with Gasteiger partial charge in [0.1, 0.15) is 11.6 Å². The molecule has 1 aromatic carbocycles. The maximum absolute atomic E-state index is 13.7. The Kier molecular flexibility index (Phi) is 5.81. The van der Waals surface area contributed by atoms with Crippen molar-refractivity contribution in [3.05, 3.63) is 28.0 Å². The Bertz CT molecular complexity index is 450. The molecule has 0 aliphatic carbocycles. The summed E-state index contributed by atoms with van der Waals surface area (Å²) >= 11 is 3.26. The van der Waals surface area contributed by atoms with Gasteiger partial charge < -0.3 is 14.8 Å². The van der Waals surface area contributed by atoms with E-state index in [1.54, 1.807) is 13.2 Å². The second kappa shape index (κ2) is 7.38. The van der Waals surface area contributed by atoms with Crippen LogP contribution in [0.4, 0.5) is 4.39 Å². The monoisotopic (exact) mass is 345 g/mol. The topological polar surface area (TPSA) is 30.5 Å². The number of hydrogen-bond acceptors (Lipinski definition) is 3. The van der Waals surface area contributed by atoms with Crippen LogP contribution >= 0.6 is 15.9 Å². The van der Waals surface area contributed by atoms with Crippen LogP contribution in [0.3, 0.4) is 0 Å². The van der Waals surface area contributed by atoms with Crippen LogP contribution in [0.2, 0.25) is 0 Å². The molecule has 2 rings (SSSR count). The highest BCUT2D eigenvalue weighted by Crippen LogP contribution is 2.35. The van der Waals surface area contributed by atoms with Crippen LogP contribution in [0.25, 0.3) is 0 Å². The predicted molar refractivity (Wildman–Crippen MR) is 80.7 cm³/mol. The van der Waals surface area contributed by atoms with E-state index in [9.17, 15) is 4.39 Å². The number of halogens is 2. The van der Waals surface area contributed by atoms with E-state index in [1.807, 2.05) is 0 Å². The molecule has 20 heavy (non-hydrogen) atoms. The van der Waals surface area contributed by atoms with Crippen LogP contribution in [-0.4, -0.2) is 26.4 Å². The van der Waals surface area contributed by atoms with Crippen molar-refractivity contribution in [3.8, 4) is 5.75 Å². The number of ether oxygens (including phenoxy) is 2. The van der Waals surface area contributed by atoms with E-state index < -0.39 is 0 Å². The van der Waals surface area contributed by atoms with E-state index in [1.165, 1.54) is 6.07 Å². The van der Waals surface area contributed by atoms with Gasteiger partial charge in [-0.25, -0.2) is 4.39 Å². The van der Waals surface area contributed by atoms with Crippen molar-refractivity contribution >= 4 is 15.9 Å². The fraction of sp³-hybridized carbons (Fsp3) is 0.600.